The van der Waals surface area contributed by atoms with Crippen LogP contribution < -0.4 is 5.32 Å². The van der Waals surface area contributed by atoms with E-state index in [0.29, 0.717) is 27.8 Å². The monoisotopic (exact) mass is 319 g/mol. The molecule has 0 saturated carbocycles. The number of carbonyl (C=O) groups is 1. The summed E-state index contributed by atoms with van der Waals surface area (Å²) in [6, 6.07) is 5.99. The highest BCUT2D eigenvalue weighted by molar-refractivity contribution is 5.95. The van der Waals surface area contributed by atoms with Gasteiger partial charge in [0, 0.05) is 13.1 Å². The number of carbonyl (C=O) groups excluding carboxylic acids is 1. The largest absolute Gasteiger partial charge is 0.356 e. The van der Waals surface area contributed by atoms with E-state index in [1.54, 1.807) is 13.8 Å². The van der Waals surface area contributed by atoms with E-state index in [0.717, 1.165) is 12.1 Å². The molecule has 0 saturated heterocycles. The van der Waals surface area contributed by atoms with Crippen LogP contribution in [0, 0.1) is 24.4 Å². The Kier molecular flexibility index (Phi) is 4.89. The Hall–Kier alpha value is -2.56. The molecule has 2 nitrogen and oxygen atoms in total. The van der Waals surface area contributed by atoms with E-state index >= 15 is 0 Å². The SMILES string of the molecule is CNC(=O)/C=C(\C)c1cc(F)cc(-c2ccc(F)c(F)c2)c1C. The van der Waals surface area contributed by atoms with Crippen molar-refractivity contribution in [1.29, 1.82) is 0 Å². The van der Waals surface area contributed by atoms with Gasteiger partial charge in [0.05, 0.1) is 0 Å². The third-order valence-corrected chi connectivity index (χ3v) is 3.62. The van der Waals surface area contributed by atoms with E-state index in [2.05, 4.69) is 5.32 Å². The first-order chi connectivity index (χ1) is 10.8. The highest BCUT2D eigenvalue weighted by Crippen LogP contribution is 2.31. The molecule has 120 valence electrons. The van der Waals surface area contributed by atoms with Crippen molar-refractivity contribution in [2.75, 3.05) is 7.05 Å². The summed E-state index contributed by atoms with van der Waals surface area (Å²) in [5.74, 6) is -2.78. The van der Waals surface area contributed by atoms with E-state index in [1.807, 2.05) is 0 Å². The fourth-order valence-corrected chi connectivity index (χ4v) is 2.40. The fraction of sp³-hybridized carbons (Fsp3) is 0.167. The number of rotatable bonds is 3. The van der Waals surface area contributed by atoms with E-state index in [-0.39, 0.29) is 5.91 Å². The Morgan fingerprint density at radius 1 is 1.09 bits per heavy atom. The van der Waals surface area contributed by atoms with Gasteiger partial charge in [-0.2, -0.15) is 0 Å². The summed E-state index contributed by atoms with van der Waals surface area (Å²) in [6.45, 7) is 3.43. The molecule has 0 aliphatic rings. The van der Waals surface area contributed by atoms with Crippen LogP contribution in [-0.4, -0.2) is 13.0 Å². The number of amides is 1. The van der Waals surface area contributed by atoms with E-state index in [1.165, 1.54) is 31.3 Å². The summed E-state index contributed by atoms with van der Waals surface area (Å²) in [5.41, 5.74) is 2.60. The Morgan fingerprint density at radius 2 is 1.78 bits per heavy atom. The molecular formula is C18H16F3NO. The van der Waals surface area contributed by atoms with Gasteiger partial charge in [-0.05, 0) is 65.9 Å². The van der Waals surface area contributed by atoms with Gasteiger partial charge in [0.1, 0.15) is 5.82 Å². The molecule has 1 N–H and O–H groups in total. The van der Waals surface area contributed by atoms with Crippen LogP contribution in [0.25, 0.3) is 16.7 Å². The number of nitrogens with one attached hydrogen (secondary N) is 1. The Morgan fingerprint density at radius 3 is 2.39 bits per heavy atom. The lowest BCUT2D eigenvalue weighted by molar-refractivity contribution is -0.116. The van der Waals surface area contributed by atoms with Crippen LogP contribution >= 0.6 is 0 Å². The summed E-state index contributed by atoms with van der Waals surface area (Å²) in [5, 5.41) is 2.46. The van der Waals surface area contributed by atoms with Crippen molar-refractivity contribution >= 4 is 11.5 Å². The zero-order chi connectivity index (χ0) is 17.1. The van der Waals surface area contributed by atoms with Crippen LogP contribution in [0.5, 0.6) is 0 Å². The molecule has 23 heavy (non-hydrogen) atoms. The molecule has 0 heterocycles. The second kappa shape index (κ2) is 6.69. The van der Waals surface area contributed by atoms with Gasteiger partial charge in [0.2, 0.25) is 5.91 Å². The summed E-state index contributed by atoms with van der Waals surface area (Å²) in [4.78, 5) is 11.5. The quantitative estimate of drug-likeness (QED) is 0.843. The van der Waals surface area contributed by atoms with Crippen LogP contribution in [0.1, 0.15) is 18.1 Å². The average molecular weight is 319 g/mol. The van der Waals surface area contributed by atoms with E-state index in [4.69, 9.17) is 0 Å². The molecule has 2 rings (SSSR count). The molecule has 2 aromatic rings. The van der Waals surface area contributed by atoms with Crippen LogP contribution in [0.2, 0.25) is 0 Å². The average Bonchev–Trinajstić information content (AvgIpc) is 2.51. The number of likely N-dealkylation sites (N-methyl/N-ethyl adjacent to an activating group) is 1. The molecule has 0 bridgehead atoms. The molecule has 0 aliphatic heterocycles. The van der Waals surface area contributed by atoms with Crippen molar-refractivity contribution in [2.24, 2.45) is 0 Å². The minimum atomic E-state index is -0.995. The second-order valence-corrected chi connectivity index (χ2v) is 5.20. The number of allylic oxidation sites excluding steroid dienone is 1. The van der Waals surface area contributed by atoms with Crippen molar-refractivity contribution in [3.05, 3.63) is 65.0 Å². The van der Waals surface area contributed by atoms with Gasteiger partial charge in [-0.15, -0.1) is 0 Å². The van der Waals surface area contributed by atoms with Crippen LogP contribution in [-0.2, 0) is 4.79 Å². The van der Waals surface area contributed by atoms with Crippen LogP contribution in [0.15, 0.2) is 36.4 Å². The minimum Gasteiger partial charge on any atom is -0.356 e. The van der Waals surface area contributed by atoms with Gasteiger partial charge in [0.25, 0.3) is 0 Å². The lowest BCUT2D eigenvalue weighted by Gasteiger charge is -2.13. The zero-order valence-electron chi connectivity index (χ0n) is 13.0. The molecule has 5 heteroatoms. The van der Waals surface area contributed by atoms with Crippen molar-refractivity contribution < 1.29 is 18.0 Å². The highest BCUT2D eigenvalue weighted by Gasteiger charge is 2.13. The summed E-state index contributed by atoms with van der Waals surface area (Å²) in [7, 11) is 1.50. The Labute approximate surface area is 132 Å². The summed E-state index contributed by atoms with van der Waals surface area (Å²) >= 11 is 0. The molecule has 2 aromatic carbocycles. The fourth-order valence-electron chi connectivity index (χ4n) is 2.40. The van der Waals surface area contributed by atoms with E-state index < -0.39 is 17.5 Å². The third kappa shape index (κ3) is 3.62. The van der Waals surface area contributed by atoms with Crippen molar-refractivity contribution in [3.63, 3.8) is 0 Å². The van der Waals surface area contributed by atoms with Gasteiger partial charge in [-0.1, -0.05) is 6.07 Å². The lowest BCUT2D eigenvalue weighted by Crippen LogP contribution is -2.14. The van der Waals surface area contributed by atoms with Crippen LogP contribution in [0.4, 0.5) is 13.2 Å². The lowest BCUT2D eigenvalue weighted by atomic mass is 9.92. The maximum absolute atomic E-state index is 14.0. The van der Waals surface area contributed by atoms with Gasteiger partial charge in [-0.25, -0.2) is 13.2 Å². The molecule has 0 radical (unpaired) electrons. The van der Waals surface area contributed by atoms with Gasteiger partial charge in [-0.3, -0.25) is 4.79 Å². The number of halogens is 3. The highest BCUT2D eigenvalue weighted by atomic mass is 19.2. The molecule has 0 fully saturated rings. The van der Waals surface area contributed by atoms with Crippen molar-refractivity contribution in [2.45, 2.75) is 13.8 Å². The second-order valence-electron chi connectivity index (χ2n) is 5.20. The molecule has 0 spiro atoms. The maximum atomic E-state index is 14.0. The first kappa shape index (κ1) is 16.8. The predicted octanol–water partition coefficient (Wildman–Crippen LogP) is 4.23. The number of benzene rings is 2. The zero-order valence-corrected chi connectivity index (χ0v) is 13.0. The molecule has 0 atom stereocenters. The molecule has 0 unspecified atom stereocenters. The molecule has 1 amide bonds. The normalized spacial score (nSPS) is 11.5. The maximum Gasteiger partial charge on any atom is 0.244 e. The predicted molar refractivity (Wildman–Crippen MR) is 84.2 cm³/mol. The van der Waals surface area contributed by atoms with Crippen molar-refractivity contribution in [1.82, 2.24) is 5.32 Å². The smallest absolute Gasteiger partial charge is 0.244 e. The van der Waals surface area contributed by atoms with Crippen LogP contribution in [0.3, 0.4) is 0 Å². The van der Waals surface area contributed by atoms with Gasteiger partial charge in [0.15, 0.2) is 11.6 Å². The Bertz CT molecular complexity index is 797. The number of hydrogen-bond acceptors (Lipinski definition) is 1. The Balaban J connectivity index is 2.61. The first-order valence-corrected chi connectivity index (χ1v) is 6.99. The first-order valence-electron chi connectivity index (χ1n) is 6.99. The topological polar surface area (TPSA) is 29.1 Å². The molecular weight excluding hydrogens is 303 g/mol. The summed E-state index contributed by atoms with van der Waals surface area (Å²) < 4.78 is 40.5. The molecule has 0 aromatic heterocycles. The number of hydrogen-bond donors (Lipinski definition) is 1. The summed E-state index contributed by atoms with van der Waals surface area (Å²) in [6.07, 6.45) is 1.36. The third-order valence-electron chi connectivity index (χ3n) is 3.62. The van der Waals surface area contributed by atoms with Crippen molar-refractivity contribution in [3.8, 4) is 11.1 Å². The van der Waals surface area contributed by atoms with Gasteiger partial charge >= 0.3 is 0 Å². The minimum absolute atomic E-state index is 0.305. The van der Waals surface area contributed by atoms with E-state index in [9.17, 15) is 18.0 Å². The standard InChI is InChI=1S/C18H16F3NO/c1-10(6-18(23)22-3)14-8-13(19)9-15(11(14)2)12-4-5-16(20)17(21)7-12/h4-9H,1-3H3,(H,22,23)/b10-6+. The van der Waals surface area contributed by atoms with Gasteiger partial charge < -0.3 is 5.32 Å². The molecule has 0 aliphatic carbocycles.